The average molecular weight is 272 g/mol. The number of carbonyl (C=O) groups is 1. The summed E-state index contributed by atoms with van der Waals surface area (Å²) in [6, 6.07) is 9.58. The van der Waals surface area contributed by atoms with Gasteiger partial charge in [0.25, 0.3) is 0 Å². The van der Waals surface area contributed by atoms with Gasteiger partial charge in [0.05, 0.1) is 7.11 Å². The van der Waals surface area contributed by atoms with Gasteiger partial charge in [-0.3, -0.25) is 0 Å². The van der Waals surface area contributed by atoms with Gasteiger partial charge < -0.3 is 15.8 Å². The molecule has 0 unspecified atom stereocenters. The van der Waals surface area contributed by atoms with Crippen LogP contribution in [0.4, 0.5) is 5.82 Å². The molecule has 2 aromatic rings. The van der Waals surface area contributed by atoms with Crippen LogP contribution in [0.1, 0.15) is 21.7 Å². The molecule has 0 radical (unpaired) electrons. The first-order valence-electron chi connectivity index (χ1n) is 6.16. The van der Waals surface area contributed by atoms with E-state index in [9.17, 15) is 4.79 Å². The lowest BCUT2D eigenvalue weighted by atomic mass is 10.1. The van der Waals surface area contributed by atoms with E-state index in [-0.39, 0.29) is 5.82 Å². The second-order valence-corrected chi connectivity index (χ2v) is 4.08. The van der Waals surface area contributed by atoms with Gasteiger partial charge in [-0.15, -0.1) is 0 Å². The molecule has 0 aliphatic rings. The summed E-state index contributed by atoms with van der Waals surface area (Å²) in [7, 11) is 1.29. The summed E-state index contributed by atoms with van der Waals surface area (Å²) < 4.78 is 4.58. The average Bonchev–Trinajstić information content (AvgIpc) is 2.52. The predicted octanol–water partition coefficient (Wildman–Crippen LogP) is 1.33. The Labute approximate surface area is 117 Å². The zero-order valence-corrected chi connectivity index (χ0v) is 11.2. The number of ether oxygens (including phenoxy) is 1. The summed E-state index contributed by atoms with van der Waals surface area (Å²) in [4.78, 5) is 19.3. The molecular weight excluding hydrogens is 256 g/mol. The quantitative estimate of drug-likeness (QED) is 0.798. The number of carbonyl (C=O) groups excluding carboxylic acids is 1. The summed E-state index contributed by atoms with van der Waals surface area (Å²) in [6.07, 6.45) is 1.51. The van der Waals surface area contributed by atoms with Crippen LogP contribution in [0, 0.1) is 0 Å². The number of rotatable bonds is 5. The Morgan fingerprint density at radius 1 is 1.30 bits per heavy atom. The van der Waals surface area contributed by atoms with Crippen LogP contribution in [0.3, 0.4) is 0 Å². The van der Waals surface area contributed by atoms with Crippen LogP contribution >= 0.6 is 0 Å². The van der Waals surface area contributed by atoms with Crippen molar-refractivity contribution in [2.45, 2.75) is 13.1 Å². The number of methoxy groups -OCH3 is 1. The molecule has 20 heavy (non-hydrogen) atoms. The number of benzene rings is 1. The molecule has 1 aromatic carbocycles. The van der Waals surface area contributed by atoms with E-state index in [4.69, 9.17) is 5.73 Å². The van der Waals surface area contributed by atoms with Crippen LogP contribution in [-0.4, -0.2) is 23.0 Å². The third-order valence-corrected chi connectivity index (χ3v) is 2.82. The van der Waals surface area contributed by atoms with Gasteiger partial charge in [0, 0.05) is 19.3 Å². The minimum absolute atomic E-state index is 0.0320. The van der Waals surface area contributed by atoms with Crippen LogP contribution < -0.4 is 11.1 Å². The fourth-order valence-corrected chi connectivity index (χ4v) is 1.76. The summed E-state index contributed by atoms with van der Waals surface area (Å²) in [5.41, 5.74) is 7.85. The monoisotopic (exact) mass is 272 g/mol. The molecule has 0 fully saturated rings. The minimum atomic E-state index is -0.559. The zero-order chi connectivity index (χ0) is 14.4. The maximum absolute atomic E-state index is 11.3. The van der Waals surface area contributed by atoms with Crippen molar-refractivity contribution in [2.75, 3.05) is 12.4 Å². The largest absolute Gasteiger partial charge is 0.463 e. The SMILES string of the molecule is COC(=O)c1nccc(NCc2ccccc2CN)n1. The topological polar surface area (TPSA) is 90.1 Å². The molecule has 0 bridgehead atoms. The van der Waals surface area contributed by atoms with Gasteiger partial charge in [0.2, 0.25) is 5.82 Å². The second-order valence-electron chi connectivity index (χ2n) is 4.08. The number of nitrogens with zero attached hydrogens (tertiary/aromatic N) is 2. The van der Waals surface area contributed by atoms with Crippen molar-refractivity contribution >= 4 is 11.8 Å². The number of nitrogens with two attached hydrogens (primary N) is 1. The van der Waals surface area contributed by atoms with E-state index in [1.807, 2.05) is 24.3 Å². The van der Waals surface area contributed by atoms with E-state index in [0.717, 1.165) is 11.1 Å². The van der Waals surface area contributed by atoms with Crippen LogP contribution in [0.5, 0.6) is 0 Å². The smallest absolute Gasteiger partial charge is 0.376 e. The van der Waals surface area contributed by atoms with E-state index in [2.05, 4.69) is 20.0 Å². The Kier molecular flexibility index (Phi) is 4.62. The number of hydrogen-bond acceptors (Lipinski definition) is 6. The first-order chi connectivity index (χ1) is 9.74. The molecule has 0 aliphatic heterocycles. The molecule has 0 atom stereocenters. The van der Waals surface area contributed by atoms with Crippen molar-refractivity contribution < 1.29 is 9.53 Å². The van der Waals surface area contributed by atoms with Crippen molar-refractivity contribution in [3.05, 3.63) is 53.5 Å². The molecule has 0 saturated carbocycles. The third kappa shape index (κ3) is 3.30. The van der Waals surface area contributed by atoms with E-state index in [0.29, 0.717) is 18.9 Å². The molecule has 2 rings (SSSR count). The van der Waals surface area contributed by atoms with Gasteiger partial charge in [-0.2, -0.15) is 0 Å². The van der Waals surface area contributed by atoms with Crippen molar-refractivity contribution in [2.24, 2.45) is 5.73 Å². The third-order valence-electron chi connectivity index (χ3n) is 2.82. The Morgan fingerprint density at radius 3 is 2.75 bits per heavy atom. The Morgan fingerprint density at radius 2 is 2.05 bits per heavy atom. The van der Waals surface area contributed by atoms with Gasteiger partial charge >= 0.3 is 5.97 Å². The van der Waals surface area contributed by atoms with E-state index >= 15 is 0 Å². The number of anilines is 1. The Hall–Kier alpha value is -2.47. The highest BCUT2D eigenvalue weighted by molar-refractivity contribution is 5.85. The minimum Gasteiger partial charge on any atom is -0.463 e. The summed E-state index contributed by atoms with van der Waals surface area (Å²) >= 11 is 0. The van der Waals surface area contributed by atoms with Crippen molar-refractivity contribution in [3.63, 3.8) is 0 Å². The Balaban J connectivity index is 2.09. The zero-order valence-electron chi connectivity index (χ0n) is 11.2. The number of esters is 1. The first kappa shape index (κ1) is 14.0. The van der Waals surface area contributed by atoms with Gasteiger partial charge in [0.15, 0.2) is 0 Å². The number of aromatic nitrogens is 2. The second kappa shape index (κ2) is 6.63. The van der Waals surface area contributed by atoms with Crippen LogP contribution in [0.15, 0.2) is 36.5 Å². The standard InChI is InChI=1S/C14H16N4O2/c1-20-14(19)13-16-7-6-12(18-13)17-9-11-5-3-2-4-10(11)8-15/h2-7H,8-9,15H2,1H3,(H,16,17,18). The van der Waals surface area contributed by atoms with Crippen molar-refractivity contribution in [1.82, 2.24) is 9.97 Å². The van der Waals surface area contributed by atoms with E-state index < -0.39 is 5.97 Å². The number of nitrogens with one attached hydrogen (secondary N) is 1. The maximum Gasteiger partial charge on any atom is 0.376 e. The normalized spacial score (nSPS) is 10.1. The molecule has 0 aliphatic carbocycles. The fourth-order valence-electron chi connectivity index (χ4n) is 1.76. The van der Waals surface area contributed by atoms with Gasteiger partial charge in [-0.05, 0) is 17.2 Å². The predicted molar refractivity (Wildman–Crippen MR) is 75.0 cm³/mol. The fraction of sp³-hybridized carbons (Fsp3) is 0.214. The van der Waals surface area contributed by atoms with Crippen molar-refractivity contribution in [1.29, 1.82) is 0 Å². The van der Waals surface area contributed by atoms with Crippen LogP contribution in [-0.2, 0) is 17.8 Å². The molecule has 1 heterocycles. The van der Waals surface area contributed by atoms with Gasteiger partial charge in [0.1, 0.15) is 5.82 Å². The molecule has 104 valence electrons. The van der Waals surface area contributed by atoms with Crippen LogP contribution in [0.25, 0.3) is 0 Å². The summed E-state index contributed by atoms with van der Waals surface area (Å²) in [5.74, 6) is 0.0350. The highest BCUT2D eigenvalue weighted by atomic mass is 16.5. The summed E-state index contributed by atoms with van der Waals surface area (Å²) in [5, 5.41) is 3.14. The maximum atomic E-state index is 11.3. The molecule has 6 nitrogen and oxygen atoms in total. The molecule has 0 spiro atoms. The lowest BCUT2D eigenvalue weighted by Crippen LogP contribution is -2.11. The van der Waals surface area contributed by atoms with E-state index in [1.54, 1.807) is 6.07 Å². The molecular formula is C14H16N4O2. The van der Waals surface area contributed by atoms with Crippen molar-refractivity contribution in [3.8, 4) is 0 Å². The number of hydrogen-bond donors (Lipinski definition) is 2. The molecule has 0 saturated heterocycles. The molecule has 0 amide bonds. The summed E-state index contributed by atoms with van der Waals surface area (Å²) in [6.45, 7) is 1.06. The van der Waals surface area contributed by atoms with Gasteiger partial charge in [-0.25, -0.2) is 14.8 Å². The van der Waals surface area contributed by atoms with E-state index in [1.165, 1.54) is 13.3 Å². The Bertz CT molecular complexity index is 601. The lowest BCUT2D eigenvalue weighted by molar-refractivity contribution is 0.0587. The highest BCUT2D eigenvalue weighted by Gasteiger charge is 2.09. The molecule has 3 N–H and O–H groups in total. The van der Waals surface area contributed by atoms with Gasteiger partial charge in [-0.1, -0.05) is 24.3 Å². The lowest BCUT2D eigenvalue weighted by Gasteiger charge is -2.09. The van der Waals surface area contributed by atoms with Crippen LogP contribution in [0.2, 0.25) is 0 Å². The first-order valence-corrected chi connectivity index (χ1v) is 6.16. The molecule has 1 aromatic heterocycles. The highest BCUT2D eigenvalue weighted by Crippen LogP contribution is 2.11. The molecule has 6 heteroatoms.